The zero-order valence-electron chi connectivity index (χ0n) is 16.6. The van der Waals surface area contributed by atoms with Gasteiger partial charge in [0.15, 0.2) is 0 Å². The minimum atomic E-state index is -3.46. The van der Waals surface area contributed by atoms with Gasteiger partial charge in [0.1, 0.15) is 6.61 Å². The summed E-state index contributed by atoms with van der Waals surface area (Å²) in [5, 5.41) is 0. The van der Waals surface area contributed by atoms with E-state index in [0.717, 1.165) is 5.56 Å². The predicted octanol–water partition coefficient (Wildman–Crippen LogP) is 1.57. The Balaban J connectivity index is 1.84. The Morgan fingerprint density at radius 1 is 1.14 bits per heavy atom. The molecule has 0 unspecified atom stereocenters. The molecule has 1 atom stereocenters. The number of amides is 1. The summed E-state index contributed by atoms with van der Waals surface area (Å²) >= 11 is 0. The average Bonchev–Trinajstić information content (AvgIpc) is 3.14. The number of hydrogen-bond acceptors (Lipinski definition) is 6. The second-order valence-corrected chi connectivity index (χ2v) is 8.82. The first-order valence-corrected chi connectivity index (χ1v) is 11.0. The van der Waals surface area contributed by atoms with Crippen LogP contribution in [0.1, 0.15) is 12.0 Å². The molecule has 1 heterocycles. The highest BCUT2D eigenvalue weighted by molar-refractivity contribution is 7.89. The number of ether oxygens (including phenoxy) is 3. The van der Waals surface area contributed by atoms with Crippen molar-refractivity contribution in [2.45, 2.75) is 13.0 Å². The molecule has 0 spiro atoms. The molecular weight excluding hydrogens is 384 g/mol. The van der Waals surface area contributed by atoms with Gasteiger partial charge in [0.05, 0.1) is 19.0 Å². The van der Waals surface area contributed by atoms with E-state index in [0.29, 0.717) is 32.7 Å². The number of carbonyl (C=O) groups excluding carboxylic acids is 1. The molecule has 158 valence electrons. The van der Waals surface area contributed by atoms with Crippen molar-refractivity contribution in [1.82, 2.24) is 9.21 Å². The first kappa shape index (κ1) is 22.6. The van der Waals surface area contributed by atoms with E-state index in [1.54, 1.807) is 4.90 Å². The van der Waals surface area contributed by atoms with E-state index in [4.69, 9.17) is 14.2 Å². The molecule has 28 heavy (non-hydrogen) atoms. The first-order chi connectivity index (χ1) is 13.5. The van der Waals surface area contributed by atoms with Crippen LogP contribution >= 0.6 is 0 Å². The maximum atomic E-state index is 12.8. The lowest BCUT2D eigenvalue weighted by Gasteiger charge is -2.23. The molecule has 0 N–H and O–H groups in total. The molecule has 1 aromatic rings. The monoisotopic (exact) mass is 414 g/mol. The Bertz CT molecular complexity index is 690. The van der Waals surface area contributed by atoms with Gasteiger partial charge in [0.25, 0.3) is 0 Å². The van der Waals surface area contributed by atoms with Crippen LogP contribution in [0, 0.1) is 5.92 Å². The minimum Gasteiger partial charge on any atom is -0.445 e. The number of rotatable bonds is 11. The van der Waals surface area contributed by atoms with Crippen molar-refractivity contribution in [2.75, 3.05) is 59.4 Å². The topological polar surface area (TPSA) is 85.4 Å². The lowest BCUT2D eigenvalue weighted by atomic mass is 10.2. The fourth-order valence-corrected chi connectivity index (χ4v) is 4.91. The number of likely N-dealkylation sites (tertiary alicyclic amines) is 1. The van der Waals surface area contributed by atoms with E-state index in [1.807, 2.05) is 30.3 Å². The third kappa shape index (κ3) is 7.05. The van der Waals surface area contributed by atoms with Gasteiger partial charge in [-0.3, -0.25) is 0 Å². The summed E-state index contributed by atoms with van der Waals surface area (Å²) in [6.07, 6.45) is 0.238. The SMILES string of the molecule is COCCN(CCOC)S(=O)(=O)C[C@@H]1CCN(C(=O)OCc2ccccc2)C1. The fourth-order valence-electron chi connectivity index (χ4n) is 3.12. The number of sulfonamides is 1. The van der Waals surface area contributed by atoms with E-state index in [2.05, 4.69) is 0 Å². The molecule has 1 aromatic carbocycles. The lowest BCUT2D eigenvalue weighted by Crippen LogP contribution is -2.40. The average molecular weight is 415 g/mol. The summed E-state index contributed by atoms with van der Waals surface area (Å²) in [6, 6.07) is 9.46. The van der Waals surface area contributed by atoms with Crippen molar-refractivity contribution in [1.29, 1.82) is 0 Å². The fraction of sp³-hybridized carbons (Fsp3) is 0.632. The summed E-state index contributed by atoms with van der Waals surface area (Å²) in [6.45, 7) is 2.33. The number of nitrogens with zero attached hydrogens (tertiary/aromatic N) is 2. The Morgan fingerprint density at radius 3 is 2.39 bits per heavy atom. The molecule has 8 nitrogen and oxygen atoms in total. The molecule has 1 aliphatic heterocycles. The summed E-state index contributed by atoms with van der Waals surface area (Å²) in [5.41, 5.74) is 0.918. The zero-order chi connectivity index (χ0) is 20.4. The van der Waals surface area contributed by atoms with Gasteiger partial charge < -0.3 is 19.1 Å². The summed E-state index contributed by atoms with van der Waals surface area (Å²) in [7, 11) is -0.383. The quantitative estimate of drug-likeness (QED) is 0.546. The third-order valence-electron chi connectivity index (χ3n) is 4.68. The molecular formula is C19H30N2O6S. The molecule has 0 saturated carbocycles. The van der Waals surface area contributed by atoms with Crippen LogP contribution in [0.3, 0.4) is 0 Å². The van der Waals surface area contributed by atoms with Gasteiger partial charge in [-0.15, -0.1) is 0 Å². The molecule has 1 saturated heterocycles. The Morgan fingerprint density at radius 2 is 1.79 bits per heavy atom. The van der Waals surface area contributed by atoms with E-state index in [9.17, 15) is 13.2 Å². The van der Waals surface area contributed by atoms with Crippen molar-refractivity contribution < 1.29 is 27.4 Å². The van der Waals surface area contributed by atoms with E-state index in [1.165, 1.54) is 18.5 Å². The molecule has 0 aliphatic carbocycles. The zero-order valence-corrected chi connectivity index (χ0v) is 17.4. The highest BCUT2D eigenvalue weighted by Crippen LogP contribution is 2.21. The number of carbonyl (C=O) groups is 1. The van der Waals surface area contributed by atoms with Crippen molar-refractivity contribution in [2.24, 2.45) is 5.92 Å². The third-order valence-corrected chi connectivity index (χ3v) is 6.72. The summed E-state index contributed by atoms with van der Waals surface area (Å²) in [5.74, 6) is -0.107. The van der Waals surface area contributed by atoms with Crippen LogP contribution in [0.5, 0.6) is 0 Å². The summed E-state index contributed by atoms with van der Waals surface area (Å²) in [4.78, 5) is 13.8. The highest BCUT2D eigenvalue weighted by atomic mass is 32.2. The maximum Gasteiger partial charge on any atom is 0.410 e. The van der Waals surface area contributed by atoms with Crippen LogP contribution in [0.15, 0.2) is 30.3 Å². The van der Waals surface area contributed by atoms with Crippen molar-refractivity contribution in [3.05, 3.63) is 35.9 Å². The molecule has 1 fully saturated rings. The van der Waals surface area contributed by atoms with Crippen LogP contribution in [-0.2, 0) is 30.8 Å². The number of benzene rings is 1. The lowest BCUT2D eigenvalue weighted by molar-refractivity contribution is 0.103. The van der Waals surface area contributed by atoms with Crippen molar-refractivity contribution >= 4 is 16.1 Å². The maximum absolute atomic E-state index is 12.8. The van der Waals surface area contributed by atoms with E-state index < -0.39 is 16.1 Å². The Hall–Kier alpha value is -1.68. The van der Waals surface area contributed by atoms with Crippen molar-refractivity contribution in [3.8, 4) is 0 Å². The second-order valence-electron chi connectivity index (χ2n) is 6.80. The second kappa shape index (κ2) is 11.4. The van der Waals surface area contributed by atoms with Crippen LogP contribution in [0.4, 0.5) is 4.79 Å². The van der Waals surface area contributed by atoms with Gasteiger partial charge >= 0.3 is 6.09 Å². The minimum absolute atomic E-state index is 0.00287. The molecule has 2 rings (SSSR count). The number of hydrogen-bond donors (Lipinski definition) is 0. The van der Waals surface area contributed by atoms with Crippen LogP contribution < -0.4 is 0 Å². The first-order valence-electron chi connectivity index (χ1n) is 9.37. The Labute approximate surface area is 167 Å². The Kier molecular flexibility index (Phi) is 9.17. The molecule has 0 aromatic heterocycles. The molecule has 9 heteroatoms. The van der Waals surface area contributed by atoms with Gasteiger partial charge in [-0.1, -0.05) is 30.3 Å². The highest BCUT2D eigenvalue weighted by Gasteiger charge is 2.33. The smallest absolute Gasteiger partial charge is 0.410 e. The summed E-state index contributed by atoms with van der Waals surface area (Å²) < 4.78 is 42.3. The van der Waals surface area contributed by atoms with Gasteiger partial charge in [-0.2, -0.15) is 4.31 Å². The van der Waals surface area contributed by atoms with Gasteiger partial charge in [-0.05, 0) is 17.9 Å². The van der Waals surface area contributed by atoms with Gasteiger partial charge in [-0.25, -0.2) is 13.2 Å². The largest absolute Gasteiger partial charge is 0.445 e. The van der Waals surface area contributed by atoms with Gasteiger partial charge in [0, 0.05) is 40.4 Å². The standard InChI is InChI=1S/C19H30N2O6S/c1-25-12-10-21(11-13-26-2)28(23,24)16-18-8-9-20(14-18)19(22)27-15-17-6-4-3-5-7-17/h3-7,18H,8-16H2,1-2H3/t18-/m1/s1. The molecule has 1 aliphatic rings. The van der Waals surface area contributed by atoms with Crippen LogP contribution in [0.25, 0.3) is 0 Å². The molecule has 0 bridgehead atoms. The normalized spacial score (nSPS) is 17.2. The van der Waals surface area contributed by atoms with Crippen LogP contribution in [0.2, 0.25) is 0 Å². The van der Waals surface area contributed by atoms with E-state index in [-0.39, 0.29) is 31.4 Å². The van der Waals surface area contributed by atoms with Crippen molar-refractivity contribution in [3.63, 3.8) is 0 Å². The molecule has 0 radical (unpaired) electrons. The van der Waals surface area contributed by atoms with Crippen LogP contribution in [-0.4, -0.2) is 83.1 Å². The molecule has 1 amide bonds. The number of methoxy groups -OCH3 is 2. The predicted molar refractivity (Wildman–Crippen MR) is 105 cm³/mol. The van der Waals surface area contributed by atoms with Gasteiger partial charge in [0.2, 0.25) is 10.0 Å². The van der Waals surface area contributed by atoms with E-state index >= 15 is 0 Å².